The minimum atomic E-state index is -3.58. The van der Waals surface area contributed by atoms with Gasteiger partial charge in [-0.15, -0.1) is 0 Å². The first-order chi connectivity index (χ1) is 12.4. The van der Waals surface area contributed by atoms with Gasteiger partial charge in [-0.05, 0) is 62.8 Å². The van der Waals surface area contributed by atoms with Crippen molar-refractivity contribution in [3.8, 4) is 0 Å². The van der Waals surface area contributed by atoms with E-state index in [0.29, 0.717) is 44.3 Å². The van der Waals surface area contributed by atoms with Crippen molar-refractivity contribution in [2.45, 2.75) is 49.6 Å². The van der Waals surface area contributed by atoms with Gasteiger partial charge in [-0.25, -0.2) is 13.1 Å². The van der Waals surface area contributed by atoms with E-state index < -0.39 is 16.1 Å². The van der Waals surface area contributed by atoms with E-state index in [-0.39, 0.29) is 16.8 Å². The fourth-order valence-electron chi connectivity index (χ4n) is 2.70. The molecule has 1 heterocycles. The molecule has 2 aliphatic rings. The van der Waals surface area contributed by atoms with Gasteiger partial charge in [0.25, 0.3) is 5.91 Å². The fourth-order valence-corrected chi connectivity index (χ4v) is 4.01. The highest BCUT2D eigenvalue weighted by Gasteiger charge is 2.24. The minimum absolute atomic E-state index is 0.0994. The molecule has 2 fully saturated rings. The molecule has 1 aromatic carbocycles. The second-order valence-corrected chi connectivity index (χ2v) is 8.65. The molecule has 0 radical (unpaired) electrons. The van der Waals surface area contributed by atoms with Crippen molar-refractivity contribution in [2.24, 2.45) is 5.92 Å². The first kappa shape index (κ1) is 19.3. The van der Waals surface area contributed by atoms with Crippen molar-refractivity contribution in [1.29, 1.82) is 0 Å². The lowest BCUT2D eigenvalue weighted by atomic mass is 10.1. The lowest BCUT2D eigenvalue weighted by Gasteiger charge is -2.23. The summed E-state index contributed by atoms with van der Waals surface area (Å²) in [4.78, 5) is 12.3. The Kier molecular flexibility index (Phi) is 6.29. The van der Waals surface area contributed by atoms with Crippen LogP contribution in [-0.2, 0) is 24.3 Å². The molecule has 1 aliphatic heterocycles. The predicted molar refractivity (Wildman–Crippen MR) is 97.4 cm³/mol. The van der Waals surface area contributed by atoms with Crippen LogP contribution in [0.4, 0.5) is 5.69 Å². The van der Waals surface area contributed by atoms with Gasteiger partial charge in [-0.2, -0.15) is 0 Å². The summed E-state index contributed by atoms with van der Waals surface area (Å²) in [6.07, 6.45) is 3.16. The molecule has 1 unspecified atom stereocenters. The molecular formula is C18H26N2O5S. The summed E-state index contributed by atoms with van der Waals surface area (Å²) in [6, 6.07) is 6.06. The number of sulfonamides is 1. The average Bonchev–Trinajstić information content (AvgIpc) is 3.45. The van der Waals surface area contributed by atoms with Crippen molar-refractivity contribution >= 4 is 21.6 Å². The standard InChI is InChI=1S/C18H26N2O5S/c1-13(25-12-14-2-3-14)18(21)19-15-4-6-17(7-5-15)26(22,23)20-16-8-10-24-11-9-16/h4-7,13-14,16,20H,2-3,8-12H2,1H3,(H,19,21). The summed E-state index contributed by atoms with van der Waals surface area (Å²) < 4.78 is 38.4. The van der Waals surface area contributed by atoms with E-state index in [1.165, 1.54) is 25.0 Å². The Balaban J connectivity index is 1.54. The monoisotopic (exact) mass is 382 g/mol. The Labute approximate surface area is 154 Å². The molecule has 0 aromatic heterocycles. The number of rotatable bonds is 8. The number of ether oxygens (including phenoxy) is 2. The molecule has 1 saturated carbocycles. The lowest BCUT2D eigenvalue weighted by molar-refractivity contribution is -0.126. The molecule has 144 valence electrons. The van der Waals surface area contributed by atoms with Crippen LogP contribution in [0.25, 0.3) is 0 Å². The number of hydrogen-bond acceptors (Lipinski definition) is 5. The molecule has 1 atom stereocenters. The van der Waals surface area contributed by atoms with E-state index in [0.717, 1.165) is 0 Å². The van der Waals surface area contributed by atoms with Gasteiger partial charge in [-0.1, -0.05) is 0 Å². The third-order valence-electron chi connectivity index (χ3n) is 4.62. The van der Waals surface area contributed by atoms with Gasteiger partial charge >= 0.3 is 0 Å². The van der Waals surface area contributed by atoms with Crippen LogP contribution in [0, 0.1) is 5.92 Å². The van der Waals surface area contributed by atoms with Gasteiger partial charge in [0.1, 0.15) is 6.10 Å². The van der Waals surface area contributed by atoms with Gasteiger partial charge in [0.05, 0.1) is 11.5 Å². The highest BCUT2D eigenvalue weighted by molar-refractivity contribution is 7.89. The van der Waals surface area contributed by atoms with Crippen molar-refractivity contribution in [1.82, 2.24) is 4.72 Å². The maximum absolute atomic E-state index is 12.4. The smallest absolute Gasteiger partial charge is 0.253 e. The normalized spacial score (nSPS) is 19.9. The lowest BCUT2D eigenvalue weighted by Crippen LogP contribution is -2.38. The van der Waals surface area contributed by atoms with Crippen LogP contribution in [-0.4, -0.2) is 46.3 Å². The van der Waals surface area contributed by atoms with Gasteiger partial charge in [0, 0.05) is 24.9 Å². The Morgan fingerprint density at radius 3 is 2.46 bits per heavy atom. The third kappa shape index (κ3) is 5.51. The van der Waals surface area contributed by atoms with Gasteiger partial charge in [-0.3, -0.25) is 4.79 Å². The molecule has 8 heteroatoms. The second-order valence-electron chi connectivity index (χ2n) is 6.94. The Morgan fingerprint density at radius 1 is 1.19 bits per heavy atom. The van der Waals surface area contributed by atoms with Crippen LogP contribution in [0.3, 0.4) is 0 Å². The highest BCUT2D eigenvalue weighted by atomic mass is 32.2. The summed E-state index contributed by atoms with van der Waals surface area (Å²) in [5.74, 6) is 0.361. The summed E-state index contributed by atoms with van der Waals surface area (Å²) in [7, 11) is -3.58. The number of anilines is 1. The van der Waals surface area contributed by atoms with Crippen LogP contribution in [0.1, 0.15) is 32.6 Å². The number of carbonyl (C=O) groups is 1. The highest BCUT2D eigenvalue weighted by Crippen LogP contribution is 2.29. The van der Waals surface area contributed by atoms with Crippen LogP contribution in [0.5, 0.6) is 0 Å². The molecule has 1 aromatic rings. The minimum Gasteiger partial charge on any atom is -0.381 e. The van der Waals surface area contributed by atoms with E-state index >= 15 is 0 Å². The van der Waals surface area contributed by atoms with Crippen molar-refractivity contribution < 1.29 is 22.7 Å². The maximum atomic E-state index is 12.4. The number of amides is 1. The largest absolute Gasteiger partial charge is 0.381 e. The zero-order valence-corrected chi connectivity index (χ0v) is 15.8. The molecule has 0 bridgehead atoms. The van der Waals surface area contributed by atoms with Gasteiger partial charge in [0.2, 0.25) is 10.0 Å². The van der Waals surface area contributed by atoms with E-state index in [1.54, 1.807) is 19.1 Å². The predicted octanol–water partition coefficient (Wildman–Crippen LogP) is 1.90. The van der Waals surface area contributed by atoms with E-state index in [1.807, 2.05) is 0 Å². The summed E-state index contributed by atoms with van der Waals surface area (Å²) in [5, 5.41) is 2.75. The van der Waals surface area contributed by atoms with E-state index in [4.69, 9.17) is 9.47 Å². The van der Waals surface area contributed by atoms with E-state index in [9.17, 15) is 13.2 Å². The molecule has 3 rings (SSSR count). The zero-order chi connectivity index (χ0) is 18.6. The van der Waals surface area contributed by atoms with Crippen molar-refractivity contribution in [3.05, 3.63) is 24.3 Å². The molecule has 26 heavy (non-hydrogen) atoms. The topological polar surface area (TPSA) is 93.7 Å². The third-order valence-corrected chi connectivity index (χ3v) is 6.16. The molecule has 2 N–H and O–H groups in total. The Bertz CT molecular complexity index is 710. The van der Waals surface area contributed by atoms with Crippen LogP contribution < -0.4 is 10.0 Å². The van der Waals surface area contributed by atoms with Crippen LogP contribution in [0.2, 0.25) is 0 Å². The Hall–Kier alpha value is -1.48. The quantitative estimate of drug-likeness (QED) is 0.716. The average molecular weight is 382 g/mol. The summed E-state index contributed by atoms with van der Waals surface area (Å²) in [5.41, 5.74) is 0.543. The summed E-state index contributed by atoms with van der Waals surface area (Å²) in [6.45, 7) is 3.47. The Morgan fingerprint density at radius 2 is 1.85 bits per heavy atom. The number of carbonyl (C=O) groups excluding carboxylic acids is 1. The van der Waals surface area contributed by atoms with Gasteiger partial charge < -0.3 is 14.8 Å². The molecule has 1 amide bonds. The van der Waals surface area contributed by atoms with E-state index in [2.05, 4.69) is 10.0 Å². The van der Waals surface area contributed by atoms with Gasteiger partial charge in [0.15, 0.2) is 0 Å². The van der Waals surface area contributed by atoms with Crippen LogP contribution in [0.15, 0.2) is 29.2 Å². The molecule has 0 spiro atoms. The maximum Gasteiger partial charge on any atom is 0.253 e. The molecule has 1 aliphatic carbocycles. The van der Waals surface area contributed by atoms with Crippen molar-refractivity contribution in [3.63, 3.8) is 0 Å². The second kappa shape index (κ2) is 8.47. The number of benzene rings is 1. The summed E-state index contributed by atoms with van der Waals surface area (Å²) >= 11 is 0. The zero-order valence-electron chi connectivity index (χ0n) is 14.9. The first-order valence-electron chi connectivity index (χ1n) is 9.06. The number of nitrogens with one attached hydrogen (secondary N) is 2. The fraction of sp³-hybridized carbons (Fsp3) is 0.611. The molecule has 1 saturated heterocycles. The molecule has 7 nitrogen and oxygen atoms in total. The van der Waals surface area contributed by atoms with Crippen molar-refractivity contribution in [2.75, 3.05) is 25.1 Å². The SMILES string of the molecule is CC(OCC1CC1)C(=O)Nc1ccc(S(=O)(=O)NC2CCOCC2)cc1. The van der Waals surface area contributed by atoms with Crippen LogP contribution >= 0.6 is 0 Å². The molecular weight excluding hydrogens is 356 g/mol. The number of hydrogen-bond donors (Lipinski definition) is 2. The first-order valence-corrected chi connectivity index (χ1v) is 10.5.